The van der Waals surface area contributed by atoms with Crippen molar-refractivity contribution in [1.29, 1.82) is 0 Å². The van der Waals surface area contributed by atoms with E-state index in [2.05, 4.69) is 22.4 Å². The molecule has 0 aliphatic heterocycles. The molecule has 0 unspecified atom stereocenters. The van der Waals surface area contributed by atoms with Crippen LogP contribution < -0.4 is 5.43 Å². The maximum atomic E-state index is 12.0. The predicted octanol–water partition coefficient (Wildman–Crippen LogP) is 4.31. The number of carbonyl (C=O) groups is 1. The van der Waals surface area contributed by atoms with E-state index >= 15 is 0 Å². The molecule has 1 amide bonds. The van der Waals surface area contributed by atoms with Crippen LogP contribution in [-0.4, -0.2) is 16.6 Å². The lowest BCUT2D eigenvalue weighted by Gasteiger charge is -2.07. The zero-order valence-electron chi connectivity index (χ0n) is 14.2. The highest BCUT2D eigenvalue weighted by atomic mass is 16.2. The molecule has 0 fully saturated rings. The molecule has 1 N–H and O–H groups in total. The normalized spacial score (nSPS) is 11.3. The molecular formula is C20H25N3O. The van der Waals surface area contributed by atoms with Crippen LogP contribution in [-0.2, 0) is 4.79 Å². The number of amides is 1. The molecule has 0 aliphatic rings. The summed E-state index contributed by atoms with van der Waals surface area (Å²) in [5, 5.41) is 4.36. The van der Waals surface area contributed by atoms with Crippen molar-refractivity contribution in [3.8, 4) is 0 Å². The van der Waals surface area contributed by atoms with Gasteiger partial charge in [-0.1, -0.05) is 62.9 Å². The van der Waals surface area contributed by atoms with Crippen LogP contribution in [0.5, 0.6) is 0 Å². The van der Waals surface area contributed by atoms with Gasteiger partial charge in [-0.25, -0.2) is 5.43 Å². The molecule has 0 saturated carbocycles. The lowest BCUT2D eigenvalue weighted by molar-refractivity contribution is -0.121. The van der Waals surface area contributed by atoms with Gasteiger partial charge in [0.25, 0.3) is 0 Å². The molecule has 1 aromatic carbocycles. The molecule has 1 heterocycles. The fourth-order valence-electron chi connectivity index (χ4n) is 2.46. The quantitative estimate of drug-likeness (QED) is 0.425. The van der Waals surface area contributed by atoms with Crippen LogP contribution in [0.1, 0.15) is 56.6 Å². The van der Waals surface area contributed by atoms with Crippen molar-refractivity contribution in [3.63, 3.8) is 0 Å². The molecule has 4 nitrogen and oxygen atoms in total. The SMILES string of the molecule is CCCCCCCC(=O)N/N=C(\c1ccccc1)c1cccnc1. The van der Waals surface area contributed by atoms with Crippen LogP contribution in [0.4, 0.5) is 0 Å². The Hall–Kier alpha value is -2.49. The minimum atomic E-state index is -0.0381. The van der Waals surface area contributed by atoms with Gasteiger partial charge in [-0.2, -0.15) is 5.10 Å². The number of aromatic nitrogens is 1. The zero-order chi connectivity index (χ0) is 17.0. The standard InChI is InChI=1S/C20H25N3O/c1-2-3-4-5-9-14-19(24)22-23-20(17-11-7-6-8-12-17)18-13-10-15-21-16-18/h6-8,10-13,15-16H,2-5,9,14H2,1H3,(H,22,24)/b23-20+. The lowest BCUT2D eigenvalue weighted by Crippen LogP contribution is -2.20. The highest BCUT2D eigenvalue weighted by molar-refractivity contribution is 6.12. The molecule has 24 heavy (non-hydrogen) atoms. The van der Waals surface area contributed by atoms with Gasteiger partial charge in [0, 0.05) is 29.9 Å². The Morgan fingerprint density at radius 1 is 1.00 bits per heavy atom. The second-order valence-electron chi connectivity index (χ2n) is 5.77. The first-order valence-electron chi connectivity index (χ1n) is 8.63. The van der Waals surface area contributed by atoms with Crippen molar-refractivity contribution < 1.29 is 4.79 Å². The van der Waals surface area contributed by atoms with Gasteiger partial charge in [-0.3, -0.25) is 9.78 Å². The van der Waals surface area contributed by atoms with E-state index in [1.807, 2.05) is 42.5 Å². The third-order valence-electron chi connectivity index (χ3n) is 3.78. The first kappa shape index (κ1) is 17.9. The second-order valence-corrected chi connectivity index (χ2v) is 5.77. The Morgan fingerprint density at radius 2 is 1.75 bits per heavy atom. The maximum absolute atomic E-state index is 12.0. The average molecular weight is 323 g/mol. The topological polar surface area (TPSA) is 54.4 Å². The summed E-state index contributed by atoms with van der Waals surface area (Å²) in [5.41, 5.74) is 5.25. The minimum absolute atomic E-state index is 0.0381. The molecule has 2 aromatic rings. The molecule has 0 radical (unpaired) electrons. The Labute approximate surface area is 144 Å². The number of nitrogens with zero attached hydrogens (tertiary/aromatic N) is 2. The van der Waals surface area contributed by atoms with E-state index in [1.165, 1.54) is 19.3 Å². The van der Waals surface area contributed by atoms with Gasteiger partial charge in [-0.05, 0) is 18.6 Å². The number of pyridine rings is 1. The predicted molar refractivity (Wildman–Crippen MR) is 97.8 cm³/mol. The van der Waals surface area contributed by atoms with Crippen molar-refractivity contribution in [2.45, 2.75) is 45.4 Å². The zero-order valence-corrected chi connectivity index (χ0v) is 14.2. The molecule has 0 spiro atoms. The fraction of sp³-hybridized carbons (Fsp3) is 0.350. The molecule has 2 rings (SSSR count). The third-order valence-corrected chi connectivity index (χ3v) is 3.78. The van der Waals surface area contributed by atoms with E-state index in [4.69, 9.17) is 0 Å². The average Bonchev–Trinajstić information content (AvgIpc) is 2.63. The van der Waals surface area contributed by atoms with E-state index in [1.54, 1.807) is 12.4 Å². The monoisotopic (exact) mass is 323 g/mol. The molecule has 4 heteroatoms. The van der Waals surface area contributed by atoms with Gasteiger partial charge in [0.15, 0.2) is 0 Å². The van der Waals surface area contributed by atoms with E-state index in [0.717, 1.165) is 29.7 Å². The number of nitrogens with one attached hydrogen (secondary N) is 1. The van der Waals surface area contributed by atoms with Gasteiger partial charge < -0.3 is 0 Å². The van der Waals surface area contributed by atoms with Gasteiger partial charge in [-0.15, -0.1) is 0 Å². The molecule has 0 atom stereocenters. The summed E-state index contributed by atoms with van der Waals surface area (Å²) >= 11 is 0. The van der Waals surface area contributed by atoms with E-state index in [9.17, 15) is 4.79 Å². The number of rotatable bonds is 9. The number of benzene rings is 1. The van der Waals surface area contributed by atoms with Crippen LogP contribution >= 0.6 is 0 Å². The van der Waals surface area contributed by atoms with Gasteiger partial charge in [0.05, 0.1) is 5.71 Å². The summed E-state index contributed by atoms with van der Waals surface area (Å²) < 4.78 is 0. The van der Waals surface area contributed by atoms with E-state index in [-0.39, 0.29) is 5.91 Å². The first-order valence-corrected chi connectivity index (χ1v) is 8.63. The Bertz CT molecular complexity index is 597. The summed E-state index contributed by atoms with van der Waals surface area (Å²) in [6.45, 7) is 2.19. The summed E-state index contributed by atoms with van der Waals surface area (Å²) in [5.74, 6) is -0.0381. The summed E-state index contributed by atoms with van der Waals surface area (Å²) in [6.07, 6.45) is 9.64. The molecule has 126 valence electrons. The van der Waals surface area contributed by atoms with Crippen molar-refractivity contribution in [2.75, 3.05) is 0 Å². The molecule has 1 aromatic heterocycles. The first-order chi connectivity index (χ1) is 11.8. The van der Waals surface area contributed by atoms with Crippen LogP contribution in [0.2, 0.25) is 0 Å². The Balaban J connectivity index is 2.00. The smallest absolute Gasteiger partial charge is 0.240 e. The second kappa shape index (κ2) is 10.3. The Morgan fingerprint density at radius 3 is 2.46 bits per heavy atom. The Kier molecular flexibility index (Phi) is 7.68. The van der Waals surface area contributed by atoms with E-state index in [0.29, 0.717) is 6.42 Å². The van der Waals surface area contributed by atoms with Crippen LogP contribution in [0, 0.1) is 0 Å². The fourth-order valence-corrected chi connectivity index (χ4v) is 2.46. The van der Waals surface area contributed by atoms with Gasteiger partial charge in [0.2, 0.25) is 5.91 Å². The highest BCUT2D eigenvalue weighted by Crippen LogP contribution is 2.10. The number of hydrogen-bond donors (Lipinski definition) is 1. The van der Waals surface area contributed by atoms with Gasteiger partial charge >= 0.3 is 0 Å². The molecule has 0 aliphatic carbocycles. The van der Waals surface area contributed by atoms with Crippen LogP contribution in [0.3, 0.4) is 0 Å². The van der Waals surface area contributed by atoms with E-state index < -0.39 is 0 Å². The lowest BCUT2D eigenvalue weighted by atomic mass is 10.0. The molecular weight excluding hydrogens is 298 g/mol. The minimum Gasteiger partial charge on any atom is -0.273 e. The molecule has 0 saturated heterocycles. The highest BCUT2D eigenvalue weighted by Gasteiger charge is 2.08. The van der Waals surface area contributed by atoms with Crippen LogP contribution in [0.25, 0.3) is 0 Å². The summed E-state index contributed by atoms with van der Waals surface area (Å²) in [4.78, 5) is 16.2. The largest absolute Gasteiger partial charge is 0.273 e. The third kappa shape index (κ3) is 5.95. The number of carbonyl (C=O) groups excluding carboxylic acids is 1. The molecule has 0 bridgehead atoms. The summed E-state index contributed by atoms with van der Waals surface area (Å²) in [7, 11) is 0. The van der Waals surface area contributed by atoms with Crippen LogP contribution in [0.15, 0.2) is 60.0 Å². The van der Waals surface area contributed by atoms with Crippen molar-refractivity contribution >= 4 is 11.6 Å². The number of hydrazone groups is 1. The van der Waals surface area contributed by atoms with Crippen molar-refractivity contribution in [3.05, 3.63) is 66.0 Å². The maximum Gasteiger partial charge on any atom is 0.240 e. The number of unbranched alkanes of at least 4 members (excludes halogenated alkanes) is 4. The number of hydrogen-bond acceptors (Lipinski definition) is 3. The summed E-state index contributed by atoms with van der Waals surface area (Å²) in [6, 6.07) is 13.6. The van der Waals surface area contributed by atoms with Crippen molar-refractivity contribution in [2.24, 2.45) is 5.10 Å². The van der Waals surface area contributed by atoms with Crippen molar-refractivity contribution in [1.82, 2.24) is 10.4 Å². The van der Waals surface area contributed by atoms with Gasteiger partial charge in [0.1, 0.15) is 0 Å².